The molecule has 0 atom stereocenters. The second kappa shape index (κ2) is 8.31. The quantitative estimate of drug-likeness (QED) is 0.462. The van der Waals surface area contributed by atoms with Crippen molar-refractivity contribution in [1.82, 2.24) is 10.4 Å². The van der Waals surface area contributed by atoms with Crippen LogP contribution in [0.15, 0.2) is 53.8 Å². The number of rotatable bonds is 6. The molecule has 0 spiro atoms. The van der Waals surface area contributed by atoms with Crippen LogP contribution in [-0.4, -0.2) is 23.0 Å². The standard InChI is InChI=1S/C21H22N4O2/c1-14-7-8-15(2)19(11-14)24-20(26)9-10-21(27)25-23-13-16-12-22-18-6-4-3-5-17(16)18/h3-8,11-13,22H,9-10H2,1-2H3,(H,24,26)(H,25,27)/b23-13+. The molecule has 138 valence electrons. The molecule has 3 rings (SSSR count). The van der Waals surface area contributed by atoms with Gasteiger partial charge in [-0.3, -0.25) is 9.59 Å². The first-order valence-corrected chi connectivity index (χ1v) is 8.78. The Kier molecular flexibility index (Phi) is 5.66. The van der Waals surface area contributed by atoms with Gasteiger partial charge in [0.1, 0.15) is 0 Å². The normalized spacial score (nSPS) is 11.0. The highest BCUT2D eigenvalue weighted by atomic mass is 16.2. The largest absolute Gasteiger partial charge is 0.361 e. The maximum Gasteiger partial charge on any atom is 0.240 e. The van der Waals surface area contributed by atoms with E-state index in [0.717, 1.165) is 33.3 Å². The summed E-state index contributed by atoms with van der Waals surface area (Å²) >= 11 is 0. The van der Waals surface area contributed by atoms with E-state index in [4.69, 9.17) is 0 Å². The Morgan fingerprint density at radius 1 is 1.07 bits per heavy atom. The first kappa shape index (κ1) is 18.4. The van der Waals surface area contributed by atoms with Gasteiger partial charge in [-0.05, 0) is 37.1 Å². The second-order valence-electron chi connectivity index (χ2n) is 6.45. The van der Waals surface area contributed by atoms with E-state index in [-0.39, 0.29) is 24.7 Å². The summed E-state index contributed by atoms with van der Waals surface area (Å²) in [7, 11) is 0. The van der Waals surface area contributed by atoms with E-state index < -0.39 is 0 Å². The molecule has 0 fully saturated rings. The maximum atomic E-state index is 12.1. The number of hydrogen-bond acceptors (Lipinski definition) is 3. The highest BCUT2D eigenvalue weighted by Crippen LogP contribution is 2.17. The Morgan fingerprint density at radius 3 is 2.70 bits per heavy atom. The van der Waals surface area contributed by atoms with Gasteiger partial charge >= 0.3 is 0 Å². The van der Waals surface area contributed by atoms with Gasteiger partial charge in [-0.2, -0.15) is 5.10 Å². The molecule has 0 aliphatic rings. The van der Waals surface area contributed by atoms with Crippen molar-refractivity contribution in [2.24, 2.45) is 5.10 Å². The van der Waals surface area contributed by atoms with Gasteiger partial charge in [0.05, 0.1) is 6.21 Å². The molecule has 0 aliphatic heterocycles. The van der Waals surface area contributed by atoms with Crippen molar-refractivity contribution in [3.05, 3.63) is 65.4 Å². The molecule has 0 saturated heterocycles. The molecular weight excluding hydrogens is 340 g/mol. The van der Waals surface area contributed by atoms with Crippen LogP contribution in [0.4, 0.5) is 5.69 Å². The summed E-state index contributed by atoms with van der Waals surface area (Å²) in [6, 6.07) is 13.7. The number of nitrogens with zero attached hydrogens (tertiary/aromatic N) is 1. The van der Waals surface area contributed by atoms with Gasteiger partial charge in [0.2, 0.25) is 11.8 Å². The van der Waals surface area contributed by atoms with Crippen LogP contribution < -0.4 is 10.7 Å². The van der Waals surface area contributed by atoms with E-state index in [1.807, 2.05) is 62.5 Å². The zero-order valence-electron chi connectivity index (χ0n) is 15.4. The number of aryl methyl sites for hydroxylation is 2. The number of hydrogen-bond donors (Lipinski definition) is 3. The first-order valence-electron chi connectivity index (χ1n) is 8.78. The third-order valence-corrected chi connectivity index (χ3v) is 4.26. The summed E-state index contributed by atoms with van der Waals surface area (Å²) in [4.78, 5) is 27.1. The molecule has 1 aromatic heterocycles. The van der Waals surface area contributed by atoms with Crippen LogP contribution in [0.2, 0.25) is 0 Å². The van der Waals surface area contributed by atoms with Crippen molar-refractivity contribution in [3.8, 4) is 0 Å². The zero-order chi connectivity index (χ0) is 19.2. The van der Waals surface area contributed by atoms with Gasteiger partial charge in [-0.1, -0.05) is 30.3 Å². The predicted octanol–water partition coefficient (Wildman–Crippen LogP) is 3.65. The van der Waals surface area contributed by atoms with Gasteiger partial charge in [0.15, 0.2) is 0 Å². The number of carbonyl (C=O) groups is 2. The van der Waals surface area contributed by atoms with Crippen molar-refractivity contribution in [2.45, 2.75) is 26.7 Å². The van der Waals surface area contributed by atoms with Crippen molar-refractivity contribution in [1.29, 1.82) is 0 Å². The summed E-state index contributed by atoms with van der Waals surface area (Å²) in [5, 5.41) is 7.85. The monoisotopic (exact) mass is 362 g/mol. The molecular formula is C21H22N4O2. The van der Waals surface area contributed by atoms with Crippen LogP contribution in [0.5, 0.6) is 0 Å². The van der Waals surface area contributed by atoms with E-state index in [2.05, 4.69) is 20.8 Å². The average Bonchev–Trinajstić information content (AvgIpc) is 3.06. The molecule has 0 radical (unpaired) electrons. The first-order chi connectivity index (χ1) is 13.0. The number of para-hydroxylation sites is 1. The molecule has 1 heterocycles. The van der Waals surface area contributed by atoms with Crippen molar-refractivity contribution in [3.63, 3.8) is 0 Å². The number of carbonyl (C=O) groups excluding carboxylic acids is 2. The minimum absolute atomic E-state index is 0.0714. The van der Waals surface area contributed by atoms with E-state index in [1.54, 1.807) is 6.21 Å². The van der Waals surface area contributed by atoms with Gasteiger partial charge in [0.25, 0.3) is 0 Å². The molecule has 3 N–H and O–H groups in total. The minimum atomic E-state index is -0.304. The van der Waals surface area contributed by atoms with Crippen LogP contribution in [0, 0.1) is 13.8 Å². The summed E-state index contributed by atoms with van der Waals surface area (Å²) < 4.78 is 0. The van der Waals surface area contributed by atoms with E-state index in [9.17, 15) is 9.59 Å². The minimum Gasteiger partial charge on any atom is -0.361 e. The lowest BCUT2D eigenvalue weighted by Crippen LogP contribution is -2.20. The van der Waals surface area contributed by atoms with Crippen LogP contribution in [-0.2, 0) is 9.59 Å². The van der Waals surface area contributed by atoms with Crippen molar-refractivity contribution < 1.29 is 9.59 Å². The SMILES string of the molecule is Cc1ccc(C)c(NC(=O)CCC(=O)N/N=C/c2c[nH]c3ccccc23)c1. The lowest BCUT2D eigenvalue weighted by Gasteiger charge is -2.09. The van der Waals surface area contributed by atoms with Crippen LogP contribution >= 0.6 is 0 Å². The highest BCUT2D eigenvalue weighted by Gasteiger charge is 2.08. The topological polar surface area (TPSA) is 86.3 Å². The maximum absolute atomic E-state index is 12.1. The van der Waals surface area contributed by atoms with Gasteiger partial charge in [-0.15, -0.1) is 0 Å². The number of aromatic amines is 1. The van der Waals surface area contributed by atoms with Crippen molar-refractivity contribution >= 4 is 34.6 Å². The smallest absolute Gasteiger partial charge is 0.240 e. The summed E-state index contributed by atoms with van der Waals surface area (Å²) in [5.74, 6) is -0.498. The van der Waals surface area contributed by atoms with E-state index in [0.29, 0.717) is 0 Å². The lowest BCUT2D eigenvalue weighted by atomic mass is 10.1. The van der Waals surface area contributed by atoms with Crippen LogP contribution in [0.1, 0.15) is 29.5 Å². The Hall–Kier alpha value is -3.41. The molecule has 2 aromatic carbocycles. The molecule has 27 heavy (non-hydrogen) atoms. The van der Waals surface area contributed by atoms with Crippen LogP contribution in [0.25, 0.3) is 10.9 Å². The predicted molar refractivity (Wildman–Crippen MR) is 108 cm³/mol. The fraction of sp³-hybridized carbons (Fsp3) is 0.190. The Labute approximate surface area is 157 Å². The molecule has 6 nitrogen and oxygen atoms in total. The molecule has 3 aromatic rings. The number of anilines is 1. The fourth-order valence-electron chi connectivity index (χ4n) is 2.74. The highest BCUT2D eigenvalue weighted by molar-refractivity contribution is 5.99. The summed E-state index contributed by atoms with van der Waals surface area (Å²) in [5.41, 5.74) is 7.19. The Morgan fingerprint density at radius 2 is 1.85 bits per heavy atom. The number of benzene rings is 2. The number of fused-ring (bicyclic) bond motifs is 1. The lowest BCUT2D eigenvalue weighted by molar-refractivity contribution is -0.124. The van der Waals surface area contributed by atoms with Gasteiger partial charge < -0.3 is 10.3 Å². The molecule has 0 aliphatic carbocycles. The van der Waals surface area contributed by atoms with E-state index in [1.165, 1.54) is 0 Å². The van der Waals surface area contributed by atoms with E-state index >= 15 is 0 Å². The van der Waals surface area contributed by atoms with Crippen LogP contribution in [0.3, 0.4) is 0 Å². The van der Waals surface area contributed by atoms with Crippen molar-refractivity contribution in [2.75, 3.05) is 5.32 Å². The Balaban J connectivity index is 1.48. The summed E-state index contributed by atoms with van der Waals surface area (Å²) in [6.45, 7) is 3.90. The third-order valence-electron chi connectivity index (χ3n) is 4.26. The Bertz CT molecular complexity index is 1000. The fourth-order valence-corrected chi connectivity index (χ4v) is 2.74. The van der Waals surface area contributed by atoms with Gasteiger partial charge in [0, 0.05) is 41.2 Å². The number of nitrogens with one attached hydrogen (secondary N) is 3. The molecule has 0 unspecified atom stereocenters. The van der Waals surface area contributed by atoms with Gasteiger partial charge in [-0.25, -0.2) is 5.43 Å². The number of hydrazone groups is 1. The third kappa shape index (κ3) is 4.82. The number of H-pyrrole nitrogens is 1. The molecule has 6 heteroatoms. The average molecular weight is 362 g/mol. The molecule has 0 bridgehead atoms. The zero-order valence-corrected chi connectivity index (χ0v) is 15.4. The second-order valence-corrected chi connectivity index (χ2v) is 6.45. The number of amides is 2. The molecule has 2 amide bonds. The molecule has 0 saturated carbocycles. The summed E-state index contributed by atoms with van der Waals surface area (Å²) in [6.07, 6.45) is 3.59. The number of aromatic nitrogens is 1.